The number of nitrogens with one attached hydrogen (secondary N) is 1. The summed E-state index contributed by atoms with van der Waals surface area (Å²) in [5, 5.41) is 16.7. The molecule has 3 N–H and O–H groups in total. The highest BCUT2D eigenvalue weighted by Crippen LogP contribution is 2.00. The summed E-state index contributed by atoms with van der Waals surface area (Å²) in [5.74, 6) is -2.34. The third kappa shape index (κ3) is 3.35. The predicted molar refractivity (Wildman–Crippen MR) is 49.2 cm³/mol. The summed E-state index contributed by atoms with van der Waals surface area (Å²) in [4.78, 5) is 22.6. The molecule has 0 unspecified atom stereocenters. The lowest BCUT2D eigenvalue weighted by atomic mass is 10.4. The van der Waals surface area contributed by atoms with Crippen molar-refractivity contribution in [3.63, 3.8) is 0 Å². The molecule has 0 saturated carbocycles. The minimum absolute atomic E-state index is 0. The molecule has 0 atom stereocenters. The average Bonchev–Trinajstić information content (AvgIpc) is 2.33. The summed E-state index contributed by atoms with van der Waals surface area (Å²) in [6.07, 6.45) is 0. The summed E-state index contributed by atoms with van der Waals surface area (Å²) < 4.78 is 0. The van der Waals surface area contributed by atoms with E-state index in [1.54, 1.807) is 0 Å². The molecule has 7 heteroatoms. The van der Waals surface area contributed by atoms with Gasteiger partial charge in [-0.15, -0.1) is 24.8 Å². The van der Waals surface area contributed by atoms with Gasteiger partial charge in [-0.05, 0) is 12.1 Å². The normalized spacial score (nSPS) is 8.00. The van der Waals surface area contributed by atoms with E-state index in [0.29, 0.717) is 0 Å². The number of aromatic carboxylic acids is 2. The van der Waals surface area contributed by atoms with E-state index in [1.165, 1.54) is 12.1 Å². The maximum atomic E-state index is 10.2. The van der Waals surface area contributed by atoms with Crippen molar-refractivity contribution in [2.45, 2.75) is 0 Å². The van der Waals surface area contributed by atoms with Crippen LogP contribution in [0.5, 0.6) is 0 Å². The largest absolute Gasteiger partial charge is 0.477 e. The second-order valence-electron chi connectivity index (χ2n) is 1.90. The van der Waals surface area contributed by atoms with E-state index >= 15 is 0 Å². The number of aromatic amines is 1. The molecule has 0 bridgehead atoms. The van der Waals surface area contributed by atoms with Crippen molar-refractivity contribution in [1.82, 2.24) is 4.98 Å². The Morgan fingerprint density at radius 2 is 1.31 bits per heavy atom. The van der Waals surface area contributed by atoms with Crippen LogP contribution in [-0.4, -0.2) is 27.1 Å². The number of carbonyl (C=O) groups is 2. The van der Waals surface area contributed by atoms with E-state index in [1.807, 2.05) is 0 Å². The van der Waals surface area contributed by atoms with Gasteiger partial charge in [0.2, 0.25) is 0 Å². The Balaban J connectivity index is 0. The highest BCUT2D eigenvalue weighted by molar-refractivity contribution is 5.90. The van der Waals surface area contributed by atoms with Gasteiger partial charge >= 0.3 is 11.9 Å². The molecule has 0 amide bonds. The highest BCUT2D eigenvalue weighted by atomic mass is 35.5. The first-order chi connectivity index (χ1) is 5.11. The molecule has 1 heterocycles. The van der Waals surface area contributed by atoms with Crippen molar-refractivity contribution in [1.29, 1.82) is 0 Å². The Morgan fingerprint density at radius 1 is 1.00 bits per heavy atom. The van der Waals surface area contributed by atoms with Gasteiger partial charge in [-0.1, -0.05) is 0 Å². The van der Waals surface area contributed by atoms with E-state index in [0.717, 1.165) is 0 Å². The molecule has 74 valence electrons. The molecule has 0 aliphatic rings. The standard InChI is InChI=1S/C6H5NO4.2ClH/c8-5(9)3-1-2-4(7-3)6(10)11;;/h1-2,7H,(H,8,9)(H,10,11);2*1H. The van der Waals surface area contributed by atoms with Crippen molar-refractivity contribution in [2.24, 2.45) is 0 Å². The second-order valence-corrected chi connectivity index (χ2v) is 1.90. The zero-order chi connectivity index (χ0) is 8.43. The van der Waals surface area contributed by atoms with Crippen LogP contribution in [-0.2, 0) is 0 Å². The quantitative estimate of drug-likeness (QED) is 0.710. The Hall–Kier alpha value is -1.20. The molecule has 1 aromatic rings. The van der Waals surface area contributed by atoms with Gasteiger partial charge in [-0.3, -0.25) is 0 Å². The number of hydrogen-bond acceptors (Lipinski definition) is 2. The fourth-order valence-corrected chi connectivity index (χ4v) is 0.645. The van der Waals surface area contributed by atoms with Crippen molar-refractivity contribution in [3.05, 3.63) is 23.5 Å². The number of H-pyrrole nitrogens is 1. The van der Waals surface area contributed by atoms with E-state index < -0.39 is 11.9 Å². The van der Waals surface area contributed by atoms with Gasteiger partial charge in [-0.25, -0.2) is 9.59 Å². The van der Waals surface area contributed by atoms with Gasteiger partial charge in [0.25, 0.3) is 0 Å². The van der Waals surface area contributed by atoms with Gasteiger partial charge in [0.05, 0.1) is 0 Å². The molecule has 1 rings (SSSR count). The summed E-state index contributed by atoms with van der Waals surface area (Å²) in [6, 6.07) is 2.40. The predicted octanol–water partition coefficient (Wildman–Crippen LogP) is 1.25. The monoisotopic (exact) mass is 227 g/mol. The van der Waals surface area contributed by atoms with Crippen LogP contribution in [0.1, 0.15) is 21.0 Å². The molecule has 0 aromatic carbocycles. The zero-order valence-electron chi connectivity index (χ0n) is 6.18. The van der Waals surface area contributed by atoms with Crippen LogP contribution >= 0.6 is 24.8 Å². The third-order valence-electron chi connectivity index (χ3n) is 1.15. The smallest absolute Gasteiger partial charge is 0.352 e. The van der Waals surface area contributed by atoms with Crippen LogP contribution in [0.2, 0.25) is 0 Å². The fraction of sp³-hybridized carbons (Fsp3) is 0. The molecule has 0 saturated heterocycles. The molecule has 13 heavy (non-hydrogen) atoms. The molecular formula is C6H7Cl2NO4. The second kappa shape index (κ2) is 5.45. The SMILES string of the molecule is Cl.Cl.O=C(O)c1ccc(C(=O)O)[nH]1. The maximum Gasteiger partial charge on any atom is 0.352 e. The molecule has 0 aliphatic carbocycles. The number of carboxylic acids is 2. The van der Waals surface area contributed by atoms with Crippen molar-refractivity contribution in [3.8, 4) is 0 Å². The summed E-state index contributed by atoms with van der Waals surface area (Å²) in [5.41, 5.74) is -0.246. The van der Waals surface area contributed by atoms with Crippen LogP contribution < -0.4 is 0 Å². The van der Waals surface area contributed by atoms with E-state index in [4.69, 9.17) is 10.2 Å². The third-order valence-corrected chi connectivity index (χ3v) is 1.15. The number of carboxylic acid groups (broad SMARTS) is 2. The topological polar surface area (TPSA) is 90.4 Å². The van der Waals surface area contributed by atoms with Crippen molar-refractivity contribution in [2.75, 3.05) is 0 Å². The van der Waals surface area contributed by atoms with Crippen LogP contribution in [0, 0.1) is 0 Å². The van der Waals surface area contributed by atoms with E-state index in [-0.39, 0.29) is 36.2 Å². The van der Waals surface area contributed by atoms with E-state index in [9.17, 15) is 9.59 Å². The Bertz CT molecular complexity index is 281. The first-order valence-electron chi connectivity index (χ1n) is 2.77. The van der Waals surface area contributed by atoms with E-state index in [2.05, 4.69) is 4.98 Å². The van der Waals surface area contributed by atoms with Crippen LogP contribution in [0.15, 0.2) is 12.1 Å². The van der Waals surface area contributed by atoms with Crippen molar-refractivity contribution >= 4 is 36.8 Å². The summed E-state index contributed by atoms with van der Waals surface area (Å²) >= 11 is 0. The molecule has 0 spiro atoms. The van der Waals surface area contributed by atoms with Crippen LogP contribution in [0.3, 0.4) is 0 Å². The molecule has 0 radical (unpaired) electrons. The lowest BCUT2D eigenvalue weighted by molar-refractivity contribution is 0.0689. The molecule has 5 nitrogen and oxygen atoms in total. The fourth-order valence-electron chi connectivity index (χ4n) is 0.645. The zero-order valence-corrected chi connectivity index (χ0v) is 7.82. The Labute approximate surface area is 85.6 Å². The average molecular weight is 228 g/mol. The highest BCUT2D eigenvalue weighted by Gasteiger charge is 2.09. The lowest BCUT2D eigenvalue weighted by Crippen LogP contribution is -2.00. The van der Waals surface area contributed by atoms with Crippen molar-refractivity contribution < 1.29 is 19.8 Å². The van der Waals surface area contributed by atoms with Gasteiger partial charge in [0, 0.05) is 0 Å². The van der Waals surface area contributed by atoms with Crippen LogP contribution in [0.25, 0.3) is 0 Å². The first kappa shape index (κ1) is 14.3. The first-order valence-corrected chi connectivity index (χ1v) is 2.77. The van der Waals surface area contributed by atoms with Gasteiger partial charge < -0.3 is 15.2 Å². The van der Waals surface area contributed by atoms with Gasteiger partial charge in [0.1, 0.15) is 11.4 Å². The number of aromatic nitrogens is 1. The molecular weight excluding hydrogens is 221 g/mol. The van der Waals surface area contributed by atoms with Gasteiger partial charge in [-0.2, -0.15) is 0 Å². The molecule has 1 aromatic heterocycles. The Morgan fingerprint density at radius 3 is 1.46 bits per heavy atom. The minimum Gasteiger partial charge on any atom is -0.477 e. The Kier molecular flexibility index (Phi) is 6.00. The van der Waals surface area contributed by atoms with Crippen LogP contribution in [0.4, 0.5) is 0 Å². The number of hydrogen-bond donors (Lipinski definition) is 3. The van der Waals surface area contributed by atoms with Gasteiger partial charge in [0.15, 0.2) is 0 Å². The number of rotatable bonds is 2. The maximum absolute atomic E-state index is 10.2. The molecule has 0 aliphatic heterocycles. The summed E-state index contributed by atoms with van der Waals surface area (Å²) in [6.45, 7) is 0. The summed E-state index contributed by atoms with van der Waals surface area (Å²) in [7, 11) is 0. The number of halogens is 2. The lowest BCUT2D eigenvalue weighted by Gasteiger charge is -1.86. The minimum atomic E-state index is -1.17. The molecule has 0 fully saturated rings.